The standard InChI is InChI=1S/C17H10NO.C11H20O2.Ir/c1-3-9-15-12(6-1)13-8-5-11-18-17(13)14-7-2-4-10-16(14)19-15;1-10(2,3)8(12)7-9(13)11(4,5)6;/h1-6,8-11H;7,12H,1-6H3;/q-1;;. The molecule has 0 spiro atoms. The number of allylic oxidation sites excluding steroid dienone is 2. The van der Waals surface area contributed by atoms with E-state index in [-0.39, 0.29) is 37.1 Å². The molecule has 0 fully saturated rings. The largest absolute Gasteiger partial charge is 0.512 e. The number of hydrogen-bond acceptors (Lipinski definition) is 4. The Hall–Kier alpha value is -2.75. The van der Waals surface area contributed by atoms with Crippen LogP contribution in [-0.2, 0) is 24.9 Å². The van der Waals surface area contributed by atoms with E-state index in [4.69, 9.17) is 4.74 Å². The molecular formula is C28H30IrNO3-. The molecule has 2 heterocycles. The smallest absolute Gasteiger partial charge is 0.164 e. The predicted octanol–water partition coefficient (Wildman–Crippen LogP) is 7.41. The van der Waals surface area contributed by atoms with Crippen LogP contribution < -0.4 is 4.74 Å². The van der Waals surface area contributed by atoms with Crippen molar-refractivity contribution in [2.24, 2.45) is 10.8 Å². The molecule has 1 N–H and O–H groups in total. The molecule has 0 atom stereocenters. The fourth-order valence-corrected chi connectivity index (χ4v) is 2.97. The molecule has 175 valence electrons. The van der Waals surface area contributed by atoms with Crippen molar-refractivity contribution in [3.63, 3.8) is 0 Å². The number of hydrogen-bond donors (Lipinski definition) is 1. The first-order valence-electron chi connectivity index (χ1n) is 10.7. The number of para-hydroxylation sites is 1. The number of pyridine rings is 1. The maximum atomic E-state index is 11.5. The van der Waals surface area contributed by atoms with Crippen LogP contribution in [0.1, 0.15) is 41.5 Å². The summed E-state index contributed by atoms with van der Waals surface area (Å²) in [6, 6.07) is 21.0. The van der Waals surface area contributed by atoms with Crippen LogP contribution in [0.2, 0.25) is 0 Å². The number of aromatic nitrogens is 1. The summed E-state index contributed by atoms with van der Waals surface area (Å²) < 4.78 is 6.01. The quantitative estimate of drug-likeness (QED) is 0.137. The molecule has 1 aromatic heterocycles. The van der Waals surface area contributed by atoms with Gasteiger partial charge in [-0.25, -0.2) is 0 Å². The van der Waals surface area contributed by atoms with Crippen LogP contribution in [-0.4, -0.2) is 15.9 Å². The molecule has 0 saturated carbocycles. The number of nitrogens with zero attached hydrogens (tertiary/aromatic N) is 1. The van der Waals surface area contributed by atoms with E-state index in [0.717, 1.165) is 33.9 Å². The Morgan fingerprint density at radius 2 is 1.55 bits per heavy atom. The number of rotatable bonds is 1. The van der Waals surface area contributed by atoms with Gasteiger partial charge < -0.3 is 14.8 Å². The molecule has 1 aliphatic heterocycles. The molecule has 1 aliphatic rings. The average Bonchev–Trinajstić information content (AvgIpc) is 2.87. The summed E-state index contributed by atoms with van der Waals surface area (Å²) in [7, 11) is 0. The normalized spacial score (nSPS) is 12.4. The first-order chi connectivity index (χ1) is 15.0. The first-order valence-corrected chi connectivity index (χ1v) is 10.7. The average molecular weight is 621 g/mol. The molecule has 4 nitrogen and oxygen atoms in total. The Bertz CT molecular complexity index is 1090. The van der Waals surface area contributed by atoms with Gasteiger partial charge in [-0.2, -0.15) is 0 Å². The van der Waals surface area contributed by atoms with Gasteiger partial charge in [0.25, 0.3) is 0 Å². The molecule has 5 heteroatoms. The van der Waals surface area contributed by atoms with Crippen molar-refractivity contribution in [1.82, 2.24) is 4.98 Å². The molecule has 33 heavy (non-hydrogen) atoms. The van der Waals surface area contributed by atoms with E-state index in [0.29, 0.717) is 0 Å². The van der Waals surface area contributed by atoms with E-state index >= 15 is 0 Å². The molecule has 0 aliphatic carbocycles. The molecule has 3 aromatic rings. The van der Waals surface area contributed by atoms with Crippen LogP contribution in [0.25, 0.3) is 22.4 Å². The van der Waals surface area contributed by atoms with Crippen LogP contribution in [0.5, 0.6) is 11.5 Å². The zero-order chi connectivity index (χ0) is 23.5. The number of fused-ring (bicyclic) bond motifs is 5. The van der Waals surface area contributed by atoms with Crippen molar-refractivity contribution in [2.75, 3.05) is 0 Å². The topological polar surface area (TPSA) is 59.4 Å². The summed E-state index contributed by atoms with van der Waals surface area (Å²) in [5, 5.41) is 9.56. The van der Waals surface area contributed by atoms with E-state index in [1.807, 2.05) is 84.0 Å². The second-order valence-corrected chi connectivity index (χ2v) is 9.80. The molecule has 0 amide bonds. The van der Waals surface area contributed by atoms with Gasteiger partial charge in [-0.05, 0) is 23.4 Å². The molecule has 0 saturated heterocycles. The Labute approximate surface area is 210 Å². The molecule has 0 bridgehead atoms. The van der Waals surface area contributed by atoms with Crippen molar-refractivity contribution in [2.45, 2.75) is 41.5 Å². The number of aliphatic hydroxyl groups is 1. The van der Waals surface area contributed by atoms with Crippen LogP contribution in [0.15, 0.2) is 72.6 Å². The van der Waals surface area contributed by atoms with Crippen molar-refractivity contribution in [3.05, 3.63) is 78.7 Å². The van der Waals surface area contributed by atoms with Gasteiger partial charge in [0.15, 0.2) is 5.78 Å². The number of carbonyl (C=O) groups is 1. The zero-order valence-corrected chi connectivity index (χ0v) is 22.3. The van der Waals surface area contributed by atoms with Gasteiger partial charge in [-0.15, -0.1) is 24.3 Å². The number of ether oxygens (including phenoxy) is 1. The number of ketones is 1. The maximum Gasteiger partial charge on any atom is 0.164 e. The summed E-state index contributed by atoms with van der Waals surface area (Å²) >= 11 is 0. The number of aliphatic hydroxyl groups excluding tert-OH is 1. The summed E-state index contributed by atoms with van der Waals surface area (Å²) in [5.41, 5.74) is 3.21. The second-order valence-electron chi connectivity index (χ2n) is 9.80. The molecule has 2 aromatic carbocycles. The fourth-order valence-electron chi connectivity index (χ4n) is 2.97. The third-order valence-corrected chi connectivity index (χ3v) is 5.03. The van der Waals surface area contributed by atoms with Crippen LogP contribution >= 0.6 is 0 Å². The van der Waals surface area contributed by atoms with E-state index in [1.165, 1.54) is 6.08 Å². The minimum atomic E-state index is -0.417. The molecule has 1 radical (unpaired) electrons. The van der Waals surface area contributed by atoms with E-state index < -0.39 is 5.41 Å². The van der Waals surface area contributed by atoms with Crippen molar-refractivity contribution < 1.29 is 34.7 Å². The predicted molar refractivity (Wildman–Crippen MR) is 129 cm³/mol. The van der Waals surface area contributed by atoms with Crippen molar-refractivity contribution in [3.8, 4) is 33.9 Å². The number of carbonyl (C=O) groups excluding carboxylic acids is 1. The van der Waals surface area contributed by atoms with E-state index in [2.05, 4.69) is 23.2 Å². The number of benzene rings is 2. The fraction of sp³-hybridized carbons (Fsp3) is 0.286. The molecular weight excluding hydrogens is 591 g/mol. The molecule has 4 rings (SSSR count). The Kier molecular flexibility index (Phi) is 8.40. The van der Waals surface area contributed by atoms with Gasteiger partial charge in [-0.1, -0.05) is 71.4 Å². The summed E-state index contributed by atoms with van der Waals surface area (Å²) in [5.74, 6) is 1.76. The van der Waals surface area contributed by atoms with Gasteiger partial charge in [0, 0.05) is 54.5 Å². The Morgan fingerprint density at radius 1 is 0.909 bits per heavy atom. The van der Waals surface area contributed by atoms with E-state index in [1.54, 1.807) is 6.20 Å². The monoisotopic (exact) mass is 621 g/mol. The summed E-state index contributed by atoms with van der Waals surface area (Å²) in [6.07, 6.45) is 3.14. The summed E-state index contributed by atoms with van der Waals surface area (Å²) in [4.78, 5) is 16.0. The minimum absolute atomic E-state index is 0. The van der Waals surface area contributed by atoms with Gasteiger partial charge in [0.1, 0.15) is 11.5 Å². The van der Waals surface area contributed by atoms with Crippen LogP contribution in [0.4, 0.5) is 0 Å². The van der Waals surface area contributed by atoms with Gasteiger partial charge in [0.2, 0.25) is 0 Å². The maximum absolute atomic E-state index is 11.5. The summed E-state index contributed by atoms with van der Waals surface area (Å²) in [6.45, 7) is 11.1. The van der Waals surface area contributed by atoms with Gasteiger partial charge >= 0.3 is 0 Å². The second kappa shape index (κ2) is 10.5. The van der Waals surface area contributed by atoms with Crippen LogP contribution in [0, 0.1) is 16.9 Å². The minimum Gasteiger partial charge on any atom is -0.512 e. The Morgan fingerprint density at radius 3 is 2.21 bits per heavy atom. The van der Waals surface area contributed by atoms with Crippen molar-refractivity contribution >= 4 is 5.78 Å². The van der Waals surface area contributed by atoms with Gasteiger partial charge in [0.05, 0.1) is 0 Å². The SMILES string of the molecule is CC(C)(C)C(=O)C=C(O)C(C)(C)C.[Ir].[c-]1cccc2c1-c1ncccc1-c1ccccc1O2. The Balaban J connectivity index is 0.000000246. The van der Waals surface area contributed by atoms with E-state index in [9.17, 15) is 9.90 Å². The third-order valence-electron chi connectivity index (χ3n) is 5.03. The zero-order valence-electron chi connectivity index (χ0n) is 19.9. The molecule has 0 unspecified atom stereocenters. The third kappa shape index (κ3) is 6.40. The first kappa shape index (κ1) is 26.5. The van der Waals surface area contributed by atoms with Crippen LogP contribution in [0.3, 0.4) is 0 Å². The van der Waals surface area contributed by atoms with Crippen molar-refractivity contribution in [1.29, 1.82) is 0 Å². The van der Waals surface area contributed by atoms with Gasteiger partial charge in [-0.3, -0.25) is 4.79 Å².